The molecule has 5 heteroatoms. The smallest absolute Gasteiger partial charge is 0.273 e. The highest BCUT2D eigenvalue weighted by Gasteiger charge is 2.19. The van der Waals surface area contributed by atoms with Crippen LogP contribution in [0.1, 0.15) is 48.0 Å². The highest BCUT2D eigenvalue weighted by atomic mass is 16.5. The maximum atomic E-state index is 12.4. The molecular formula is C21H24N2O3. The molecule has 1 fully saturated rings. The number of hydrogen-bond acceptors (Lipinski definition) is 3. The molecule has 26 heavy (non-hydrogen) atoms. The molecule has 2 aromatic rings. The van der Waals surface area contributed by atoms with E-state index in [2.05, 4.69) is 10.9 Å². The first-order valence-corrected chi connectivity index (χ1v) is 9.07. The van der Waals surface area contributed by atoms with Gasteiger partial charge in [0.2, 0.25) is 5.91 Å². The molecule has 5 nitrogen and oxygen atoms in total. The van der Waals surface area contributed by atoms with E-state index in [0.717, 1.165) is 18.4 Å². The minimum atomic E-state index is -0.381. The SMILES string of the molecule is O=C(CC1CCCC1)NNC(=O)c1ccccc1OCc1ccccc1. The lowest BCUT2D eigenvalue weighted by atomic mass is 10.0. The summed E-state index contributed by atoms with van der Waals surface area (Å²) in [6.45, 7) is 0.374. The van der Waals surface area contributed by atoms with Crippen LogP contribution in [0.4, 0.5) is 0 Å². The number of carbonyl (C=O) groups is 2. The molecule has 0 saturated heterocycles. The Bertz CT molecular complexity index is 740. The maximum absolute atomic E-state index is 12.4. The highest BCUT2D eigenvalue weighted by molar-refractivity contribution is 5.97. The number of benzene rings is 2. The van der Waals surface area contributed by atoms with E-state index < -0.39 is 0 Å². The van der Waals surface area contributed by atoms with Crippen molar-refractivity contribution in [1.82, 2.24) is 10.9 Å². The van der Waals surface area contributed by atoms with Gasteiger partial charge < -0.3 is 4.74 Å². The summed E-state index contributed by atoms with van der Waals surface area (Å²) in [5, 5.41) is 0. The molecule has 1 aliphatic carbocycles. The Morgan fingerprint density at radius 1 is 0.923 bits per heavy atom. The van der Waals surface area contributed by atoms with Crippen LogP contribution in [0.3, 0.4) is 0 Å². The van der Waals surface area contributed by atoms with Crippen molar-refractivity contribution in [3.63, 3.8) is 0 Å². The molecule has 2 amide bonds. The van der Waals surface area contributed by atoms with E-state index in [9.17, 15) is 9.59 Å². The monoisotopic (exact) mass is 352 g/mol. The van der Waals surface area contributed by atoms with E-state index in [1.165, 1.54) is 12.8 Å². The van der Waals surface area contributed by atoms with Gasteiger partial charge in [0.1, 0.15) is 12.4 Å². The molecular weight excluding hydrogens is 328 g/mol. The third kappa shape index (κ3) is 5.09. The molecule has 0 unspecified atom stereocenters. The van der Waals surface area contributed by atoms with Crippen molar-refractivity contribution in [2.45, 2.75) is 38.7 Å². The maximum Gasteiger partial charge on any atom is 0.273 e. The van der Waals surface area contributed by atoms with E-state index in [1.54, 1.807) is 18.2 Å². The fourth-order valence-electron chi connectivity index (χ4n) is 3.24. The van der Waals surface area contributed by atoms with Crippen LogP contribution in [-0.2, 0) is 11.4 Å². The minimum absolute atomic E-state index is 0.145. The molecule has 136 valence electrons. The lowest BCUT2D eigenvalue weighted by molar-refractivity contribution is -0.122. The number of nitrogens with one attached hydrogen (secondary N) is 2. The normalized spacial score (nSPS) is 14.0. The fraction of sp³-hybridized carbons (Fsp3) is 0.333. The number of hydrazine groups is 1. The van der Waals surface area contributed by atoms with Crippen molar-refractivity contribution in [2.75, 3.05) is 0 Å². The Kier molecular flexibility index (Phi) is 6.25. The van der Waals surface area contributed by atoms with Gasteiger partial charge >= 0.3 is 0 Å². The number of amides is 2. The first kappa shape index (κ1) is 18.0. The number of ether oxygens (including phenoxy) is 1. The first-order valence-electron chi connectivity index (χ1n) is 9.07. The molecule has 0 aromatic heterocycles. The molecule has 2 N–H and O–H groups in total. The van der Waals surface area contributed by atoms with E-state index in [4.69, 9.17) is 4.74 Å². The van der Waals surface area contributed by atoms with Crippen LogP contribution in [0.5, 0.6) is 5.75 Å². The van der Waals surface area contributed by atoms with Crippen LogP contribution < -0.4 is 15.6 Å². The van der Waals surface area contributed by atoms with Crippen LogP contribution in [0.2, 0.25) is 0 Å². The van der Waals surface area contributed by atoms with E-state index in [0.29, 0.717) is 30.3 Å². The van der Waals surface area contributed by atoms with Crippen molar-refractivity contribution in [3.05, 3.63) is 65.7 Å². The van der Waals surface area contributed by atoms with Gasteiger partial charge in [-0.1, -0.05) is 55.3 Å². The minimum Gasteiger partial charge on any atom is -0.488 e. The first-order chi connectivity index (χ1) is 12.7. The predicted molar refractivity (Wildman–Crippen MR) is 99.4 cm³/mol. The molecule has 0 spiro atoms. The molecule has 0 atom stereocenters. The molecule has 0 heterocycles. The van der Waals surface area contributed by atoms with Crippen LogP contribution in [0.15, 0.2) is 54.6 Å². The summed E-state index contributed by atoms with van der Waals surface area (Å²) < 4.78 is 5.79. The lowest BCUT2D eigenvalue weighted by Gasteiger charge is -2.13. The largest absolute Gasteiger partial charge is 0.488 e. The van der Waals surface area contributed by atoms with Crippen molar-refractivity contribution < 1.29 is 14.3 Å². The predicted octanol–water partition coefficient (Wildman–Crippen LogP) is 3.61. The van der Waals surface area contributed by atoms with E-state index in [-0.39, 0.29) is 11.8 Å². The quantitative estimate of drug-likeness (QED) is 0.781. The van der Waals surface area contributed by atoms with Gasteiger partial charge in [-0.05, 0) is 36.5 Å². The van der Waals surface area contributed by atoms with Gasteiger partial charge in [0.15, 0.2) is 0 Å². The van der Waals surface area contributed by atoms with Gasteiger partial charge in [-0.3, -0.25) is 20.4 Å². The van der Waals surface area contributed by atoms with Crippen molar-refractivity contribution in [1.29, 1.82) is 0 Å². The second kappa shape index (κ2) is 9.04. The molecule has 2 aromatic carbocycles. The molecule has 1 aliphatic rings. The van der Waals surface area contributed by atoms with Crippen LogP contribution in [-0.4, -0.2) is 11.8 Å². The lowest BCUT2D eigenvalue weighted by Crippen LogP contribution is -2.42. The zero-order valence-corrected chi connectivity index (χ0v) is 14.7. The average Bonchev–Trinajstić information content (AvgIpc) is 3.18. The van der Waals surface area contributed by atoms with Crippen LogP contribution in [0, 0.1) is 5.92 Å². The third-order valence-electron chi connectivity index (χ3n) is 4.63. The second-order valence-electron chi connectivity index (χ2n) is 6.63. The zero-order chi connectivity index (χ0) is 18.2. The summed E-state index contributed by atoms with van der Waals surface area (Å²) in [4.78, 5) is 24.4. The number of carbonyl (C=O) groups excluding carboxylic acids is 2. The summed E-state index contributed by atoms with van der Waals surface area (Å²) in [5.74, 6) is 0.397. The van der Waals surface area contributed by atoms with E-state index >= 15 is 0 Å². The zero-order valence-electron chi connectivity index (χ0n) is 14.7. The average molecular weight is 352 g/mol. The topological polar surface area (TPSA) is 67.4 Å². The van der Waals surface area contributed by atoms with Gasteiger partial charge in [0.05, 0.1) is 5.56 Å². The summed E-state index contributed by atoms with van der Waals surface area (Å²) in [5.41, 5.74) is 6.42. The Morgan fingerprint density at radius 3 is 2.38 bits per heavy atom. The second-order valence-corrected chi connectivity index (χ2v) is 6.63. The van der Waals surface area contributed by atoms with Gasteiger partial charge in [-0.2, -0.15) is 0 Å². The Balaban J connectivity index is 1.54. The van der Waals surface area contributed by atoms with E-state index in [1.807, 2.05) is 36.4 Å². The fourth-order valence-corrected chi connectivity index (χ4v) is 3.24. The third-order valence-corrected chi connectivity index (χ3v) is 4.63. The number of rotatable bonds is 6. The number of para-hydroxylation sites is 1. The van der Waals surface area contributed by atoms with Gasteiger partial charge in [-0.15, -0.1) is 0 Å². The van der Waals surface area contributed by atoms with Crippen molar-refractivity contribution >= 4 is 11.8 Å². The molecule has 0 aliphatic heterocycles. The molecule has 3 rings (SSSR count). The molecule has 0 radical (unpaired) electrons. The van der Waals surface area contributed by atoms with Crippen LogP contribution in [0.25, 0.3) is 0 Å². The van der Waals surface area contributed by atoms with Crippen molar-refractivity contribution in [3.8, 4) is 5.75 Å². The Morgan fingerprint density at radius 2 is 1.62 bits per heavy atom. The Hall–Kier alpha value is -2.82. The number of hydrogen-bond donors (Lipinski definition) is 2. The highest BCUT2D eigenvalue weighted by Crippen LogP contribution is 2.27. The summed E-state index contributed by atoms with van der Waals surface area (Å²) in [7, 11) is 0. The standard InChI is InChI=1S/C21H24N2O3/c24-20(14-16-8-4-5-9-16)22-23-21(25)18-12-6-7-13-19(18)26-15-17-10-2-1-3-11-17/h1-3,6-7,10-13,16H,4-5,8-9,14-15H2,(H,22,24)(H,23,25). The van der Waals surface area contributed by atoms with Crippen LogP contribution >= 0.6 is 0 Å². The van der Waals surface area contributed by atoms with Crippen molar-refractivity contribution in [2.24, 2.45) is 5.92 Å². The van der Waals surface area contributed by atoms with Gasteiger partial charge in [0, 0.05) is 6.42 Å². The van der Waals surface area contributed by atoms with Gasteiger partial charge in [-0.25, -0.2) is 0 Å². The Labute approximate surface area is 153 Å². The summed E-state index contributed by atoms with van der Waals surface area (Å²) in [6.07, 6.45) is 5.04. The molecule has 1 saturated carbocycles. The summed E-state index contributed by atoms with van der Waals surface area (Å²) in [6, 6.07) is 16.8. The molecule has 0 bridgehead atoms. The summed E-state index contributed by atoms with van der Waals surface area (Å²) >= 11 is 0. The van der Waals surface area contributed by atoms with Gasteiger partial charge in [0.25, 0.3) is 5.91 Å².